The molecule has 0 radical (unpaired) electrons. The van der Waals surface area contributed by atoms with E-state index in [0.29, 0.717) is 25.7 Å². The van der Waals surface area contributed by atoms with E-state index in [2.05, 4.69) is 34.9 Å². The van der Waals surface area contributed by atoms with Gasteiger partial charge in [0, 0.05) is 17.9 Å². The second-order valence-electron chi connectivity index (χ2n) is 9.76. The van der Waals surface area contributed by atoms with Gasteiger partial charge < -0.3 is 20.5 Å². The van der Waals surface area contributed by atoms with Gasteiger partial charge in [-0.15, -0.1) is 0 Å². The van der Waals surface area contributed by atoms with Crippen molar-refractivity contribution in [3.8, 4) is 11.1 Å². The number of hydrogen-bond donors (Lipinski definition) is 3. The van der Waals surface area contributed by atoms with E-state index in [4.69, 9.17) is 4.74 Å². The van der Waals surface area contributed by atoms with E-state index >= 15 is 0 Å². The lowest BCUT2D eigenvalue weighted by Gasteiger charge is -2.40. The molecule has 0 unspecified atom stereocenters. The Balaban J connectivity index is 1.16. The predicted molar refractivity (Wildman–Crippen MR) is 126 cm³/mol. The fourth-order valence-corrected chi connectivity index (χ4v) is 5.63. The van der Waals surface area contributed by atoms with E-state index in [1.54, 1.807) is 0 Å². The topological polar surface area (TPSA) is 105 Å². The highest BCUT2D eigenvalue weighted by Gasteiger charge is 2.46. The van der Waals surface area contributed by atoms with E-state index in [0.717, 1.165) is 30.4 Å². The lowest BCUT2D eigenvalue weighted by molar-refractivity contribution is -0.152. The van der Waals surface area contributed by atoms with Crippen LogP contribution in [0.1, 0.15) is 62.0 Å². The molecule has 0 aromatic heterocycles. The number of hydrogen-bond acceptors (Lipinski definition) is 4. The van der Waals surface area contributed by atoms with Crippen LogP contribution >= 0.6 is 0 Å². The minimum atomic E-state index is -1.11. The number of carboxylic acid groups (broad SMARTS) is 1. The van der Waals surface area contributed by atoms with Crippen molar-refractivity contribution in [1.82, 2.24) is 10.6 Å². The van der Waals surface area contributed by atoms with Gasteiger partial charge in [-0.2, -0.15) is 0 Å². The molecule has 0 bridgehead atoms. The predicted octanol–water partition coefficient (Wildman–Crippen LogP) is 4.21. The molecule has 0 aliphatic heterocycles. The largest absolute Gasteiger partial charge is 0.480 e. The van der Waals surface area contributed by atoms with Gasteiger partial charge in [0.2, 0.25) is 5.91 Å². The third-order valence-electron chi connectivity index (χ3n) is 7.69. The van der Waals surface area contributed by atoms with Crippen molar-refractivity contribution in [1.29, 1.82) is 0 Å². The maximum Gasteiger partial charge on any atom is 0.407 e. The SMILES string of the molecule is O=C(N[C@@H]1CCC[C@@H](C(=O)NC2(C(=O)O)CCC2)C1)OCC1c2ccccc2-c2ccccc21. The van der Waals surface area contributed by atoms with Crippen LogP contribution < -0.4 is 10.6 Å². The van der Waals surface area contributed by atoms with E-state index in [9.17, 15) is 19.5 Å². The lowest BCUT2D eigenvalue weighted by atomic mass is 9.75. The van der Waals surface area contributed by atoms with Crippen LogP contribution in [0.2, 0.25) is 0 Å². The van der Waals surface area contributed by atoms with Crippen LogP contribution in [0, 0.1) is 5.92 Å². The lowest BCUT2D eigenvalue weighted by Crippen LogP contribution is -2.60. The summed E-state index contributed by atoms with van der Waals surface area (Å²) in [7, 11) is 0. The zero-order valence-corrected chi connectivity index (χ0v) is 19.1. The maximum absolute atomic E-state index is 12.8. The normalized spacial score (nSPS) is 22.6. The van der Waals surface area contributed by atoms with Gasteiger partial charge in [-0.05, 0) is 60.8 Å². The van der Waals surface area contributed by atoms with E-state index < -0.39 is 17.6 Å². The molecule has 7 heteroatoms. The highest BCUT2D eigenvalue weighted by atomic mass is 16.5. The molecule has 2 saturated carbocycles. The molecule has 178 valence electrons. The number of carbonyl (C=O) groups is 3. The van der Waals surface area contributed by atoms with Crippen molar-refractivity contribution >= 4 is 18.0 Å². The van der Waals surface area contributed by atoms with Gasteiger partial charge >= 0.3 is 12.1 Å². The highest BCUT2D eigenvalue weighted by molar-refractivity contribution is 5.89. The average Bonchev–Trinajstić information content (AvgIpc) is 3.13. The first-order chi connectivity index (χ1) is 16.5. The number of fused-ring (bicyclic) bond motifs is 3. The molecule has 2 atom stereocenters. The first kappa shape index (κ1) is 22.4. The van der Waals surface area contributed by atoms with Crippen LogP contribution in [0.3, 0.4) is 0 Å². The average molecular weight is 463 g/mol. The van der Waals surface area contributed by atoms with Gasteiger partial charge in [-0.3, -0.25) is 4.79 Å². The summed E-state index contributed by atoms with van der Waals surface area (Å²) in [5.74, 6) is -1.49. The van der Waals surface area contributed by atoms with Gasteiger partial charge in [0.1, 0.15) is 12.1 Å². The quantitative estimate of drug-likeness (QED) is 0.597. The Labute approximate surface area is 198 Å². The molecule has 3 aliphatic rings. The molecule has 34 heavy (non-hydrogen) atoms. The highest BCUT2D eigenvalue weighted by Crippen LogP contribution is 2.44. The third-order valence-corrected chi connectivity index (χ3v) is 7.69. The number of nitrogens with one attached hydrogen (secondary N) is 2. The molecule has 0 heterocycles. The van der Waals surface area contributed by atoms with E-state index in [-0.39, 0.29) is 30.4 Å². The number of carboxylic acids is 1. The second-order valence-corrected chi connectivity index (χ2v) is 9.76. The van der Waals surface area contributed by atoms with Crippen molar-refractivity contribution < 1.29 is 24.2 Å². The van der Waals surface area contributed by atoms with Crippen LogP contribution in [0.5, 0.6) is 0 Å². The van der Waals surface area contributed by atoms with Gasteiger partial charge in [0.15, 0.2) is 0 Å². The number of carbonyl (C=O) groups excluding carboxylic acids is 2. The van der Waals surface area contributed by atoms with Crippen LogP contribution in [0.15, 0.2) is 48.5 Å². The summed E-state index contributed by atoms with van der Waals surface area (Å²) in [5.41, 5.74) is 3.57. The molecule has 2 amide bonds. The fourth-order valence-electron chi connectivity index (χ4n) is 5.63. The Morgan fingerprint density at radius 3 is 2.18 bits per heavy atom. The third kappa shape index (κ3) is 4.15. The molecule has 7 nitrogen and oxygen atoms in total. The molecule has 2 aromatic carbocycles. The maximum atomic E-state index is 12.8. The Bertz CT molecular complexity index is 1060. The van der Waals surface area contributed by atoms with E-state index in [1.165, 1.54) is 11.1 Å². The Morgan fingerprint density at radius 1 is 0.941 bits per heavy atom. The number of rotatable bonds is 6. The van der Waals surface area contributed by atoms with Crippen LogP contribution in [-0.2, 0) is 14.3 Å². The molecule has 2 aromatic rings. The van der Waals surface area contributed by atoms with Crippen molar-refractivity contribution in [2.24, 2.45) is 5.92 Å². The van der Waals surface area contributed by atoms with Crippen molar-refractivity contribution in [3.05, 3.63) is 59.7 Å². The monoisotopic (exact) mass is 462 g/mol. The standard InChI is InChI=1S/C27H30N2O5/c30-24(29-27(25(31)32)13-6-14-27)17-7-5-8-18(15-17)28-26(33)34-16-23-21-11-3-1-9-19(21)20-10-2-4-12-22(20)23/h1-4,9-12,17-18,23H,5-8,13-16H2,(H,28,33)(H,29,30)(H,31,32)/t17-,18-/m1/s1. The molecular formula is C27H30N2O5. The molecule has 5 rings (SSSR count). The summed E-state index contributed by atoms with van der Waals surface area (Å²) >= 11 is 0. The van der Waals surface area contributed by atoms with Gasteiger partial charge in [-0.1, -0.05) is 55.0 Å². The molecule has 0 spiro atoms. The van der Waals surface area contributed by atoms with Gasteiger partial charge in [0.05, 0.1) is 0 Å². The zero-order valence-electron chi connectivity index (χ0n) is 19.1. The van der Waals surface area contributed by atoms with Crippen LogP contribution in [-0.4, -0.2) is 41.3 Å². The van der Waals surface area contributed by atoms with Crippen molar-refractivity contribution in [2.75, 3.05) is 6.61 Å². The number of alkyl carbamates (subject to hydrolysis) is 1. The number of aliphatic carboxylic acids is 1. The summed E-state index contributed by atoms with van der Waals surface area (Å²) in [6, 6.07) is 16.2. The Morgan fingerprint density at radius 2 is 1.59 bits per heavy atom. The fraction of sp³-hybridized carbons (Fsp3) is 0.444. The molecule has 0 saturated heterocycles. The number of ether oxygens (including phenoxy) is 1. The summed E-state index contributed by atoms with van der Waals surface area (Å²) in [6.07, 6.45) is 4.04. The molecule has 2 fully saturated rings. The molecule has 3 aliphatic carbocycles. The number of amides is 2. The summed E-state index contributed by atoms with van der Waals surface area (Å²) in [5, 5.41) is 15.2. The first-order valence-corrected chi connectivity index (χ1v) is 12.1. The molecular weight excluding hydrogens is 432 g/mol. The number of benzene rings is 2. The van der Waals surface area contributed by atoms with Crippen LogP contribution in [0.25, 0.3) is 11.1 Å². The first-order valence-electron chi connectivity index (χ1n) is 12.1. The van der Waals surface area contributed by atoms with Gasteiger partial charge in [0.25, 0.3) is 0 Å². The van der Waals surface area contributed by atoms with E-state index in [1.807, 2.05) is 24.3 Å². The minimum absolute atomic E-state index is 0.00211. The summed E-state index contributed by atoms with van der Waals surface area (Å²) < 4.78 is 5.65. The zero-order chi connectivity index (χ0) is 23.7. The summed E-state index contributed by atoms with van der Waals surface area (Å²) in [4.78, 5) is 37.0. The smallest absolute Gasteiger partial charge is 0.407 e. The van der Waals surface area contributed by atoms with Crippen LogP contribution in [0.4, 0.5) is 4.79 Å². The summed E-state index contributed by atoms with van der Waals surface area (Å²) in [6.45, 7) is 0.248. The van der Waals surface area contributed by atoms with Crippen molar-refractivity contribution in [2.45, 2.75) is 62.4 Å². The Kier molecular flexibility index (Phi) is 6.02. The Hall–Kier alpha value is -3.35. The van der Waals surface area contributed by atoms with Crippen molar-refractivity contribution in [3.63, 3.8) is 0 Å². The molecule has 3 N–H and O–H groups in total. The van der Waals surface area contributed by atoms with Gasteiger partial charge in [-0.25, -0.2) is 9.59 Å². The second kappa shape index (κ2) is 9.12. The minimum Gasteiger partial charge on any atom is -0.480 e.